The van der Waals surface area contributed by atoms with Gasteiger partial charge in [0.15, 0.2) is 0 Å². The highest BCUT2D eigenvalue weighted by Gasteiger charge is 2.29. The van der Waals surface area contributed by atoms with Crippen LogP contribution >= 0.6 is 11.6 Å². The highest BCUT2D eigenvalue weighted by Crippen LogP contribution is 2.24. The van der Waals surface area contributed by atoms with Crippen molar-refractivity contribution in [2.45, 2.75) is 38.5 Å². The van der Waals surface area contributed by atoms with Crippen LogP contribution in [0.2, 0.25) is 5.02 Å². The van der Waals surface area contributed by atoms with Crippen LogP contribution in [0.4, 0.5) is 0 Å². The molecule has 110 valence electrons. The van der Waals surface area contributed by atoms with Gasteiger partial charge in [0.1, 0.15) is 0 Å². The van der Waals surface area contributed by atoms with Crippen LogP contribution in [0.15, 0.2) is 24.3 Å². The molecule has 1 aromatic rings. The van der Waals surface area contributed by atoms with Crippen LogP contribution in [0.1, 0.15) is 38.7 Å². The molecule has 0 atom stereocenters. The van der Waals surface area contributed by atoms with E-state index < -0.39 is 11.4 Å². The van der Waals surface area contributed by atoms with E-state index >= 15 is 0 Å². The van der Waals surface area contributed by atoms with Gasteiger partial charge in [-0.1, -0.05) is 23.7 Å². The predicted octanol–water partition coefficient (Wildman–Crippen LogP) is 2.99. The molecule has 1 rings (SSSR count). The monoisotopic (exact) mass is 297 g/mol. The zero-order chi connectivity index (χ0) is 15.2. The number of halogens is 1. The number of benzene rings is 1. The second kappa shape index (κ2) is 7.29. The molecule has 5 heteroatoms. The highest BCUT2D eigenvalue weighted by molar-refractivity contribution is 6.30. The molecule has 0 fully saturated rings. The number of unbranched alkanes of at least 4 members (excludes halogenated alkanes) is 1. The average Bonchev–Trinajstić information content (AvgIpc) is 2.38. The van der Waals surface area contributed by atoms with Crippen molar-refractivity contribution in [2.24, 2.45) is 0 Å². The normalized spacial score (nSPS) is 11.2. The molecule has 0 radical (unpaired) electrons. The lowest BCUT2D eigenvalue weighted by atomic mass is 9.84. The first kappa shape index (κ1) is 16.5. The summed E-state index contributed by atoms with van der Waals surface area (Å²) in [7, 11) is 0. The molecule has 0 saturated carbocycles. The van der Waals surface area contributed by atoms with Crippen molar-refractivity contribution in [1.82, 2.24) is 5.32 Å². The fraction of sp³-hybridized carbons (Fsp3) is 0.467. The fourth-order valence-corrected chi connectivity index (χ4v) is 1.95. The number of carbonyl (C=O) groups excluding carboxylic acids is 1. The third-order valence-electron chi connectivity index (χ3n) is 3.24. The Hall–Kier alpha value is -1.55. The van der Waals surface area contributed by atoms with Crippen LogP contribution in [0, 0.1) is 0 Å². The van der Waals surface area contributed by atoms with E-state index in [2.05, 4.69) is 5.32 Å². The molecule has 0 saturated heterocycles. The molecule has 1 amide bonds. The Kier molecular flexibility index (Phi) is 6.02. The van der Waals surface area contributed by atoms with Gasteiger partial charge in [-0.3, -0.25) is 9.59 Å². The predicted molar refractivity (Wildman–Crippen MR) is 79.0 cm³/mol. The van der Waals surface area contributed by atoms with E-state index in [1.54, 1.807) is 12.1 Å². The molecule has 0 unspecified atom stereocenters. The number of aliphatic carboxylic acids is 1. The maximum atomic E-state index is 12.2. The Balaban J connectivity index is 2.48. The van der Waals surface area contributed by atoms with E-state index in [4.69, 9.17) is 16.7 Å². The van der Waals surface area contributed by atoms with Crippen LogP contribution in [-0.2, 0) is 15.0 Å². The fourth-order valence-electron chi connectivity index (χ4n) is 1.82. The van der Waals surface area contributed by atoms with Crippen molar-refractivity contribution >= 4 is 23.5 Å². The topological polar surface area (TPSA) is 66.4 Å². The van der Waals surface area contributed by atoms with E-state index in [-0.39, 0.29) is 12.3 Å². The summed E-state index contributed by atoms with van der Waals surface area (Å²) in [5, 5.41) is 12.0. The molecular weight excluding hydrogens is 278 g/mol. The average molecular weight is 298 g/mol. The maximum absolute atomic E-state index is 12.2. The van der Waals surface area contributed by atoms with Crippen molar-refractivity contribution in [1.29, 1.82) is 0 Å². The van der Waals surface area contributed by atoms with E-state index in [0.29, 0.717) is 24.4 Å². The largest absolute Gasteiger partial charge is 0.481 e. The molecule has 0 aliphatic carbocycles. The van der Waals surface area contributed by atoms with E-state index in [0.717, 1.165) is 5.56 Å². The van der Waals surface area contributed by atoms with Crippen molar-refractivity contribution in [3.63, 3.8) is 0 Å². The molecule has 1 aromatic carbocycles. The minimum Gasteiger partial charge on any atom is -0.481 e. The molecule has 4 nitrogen and oxygen atoms in total. The standard InChI is InChI=1S/C15H20ClNO3/c1-15(2,11-6-8-12(16)9-7-11)14(20)17-10-4-3-5-13(18)19/h6-9H,3-5,10H2,1-2H3,(H,17,20)(H,18,19). The second-order valence-corrected chi connectivity index (χ2v) is 5.68. The minimum absolute atomic E-state index is 0.0739. The molecule has 2 N–H and O–H groups in total. The Morgan fingerprint density at radius 3 is 2.35 bits per heavy atom. The molecule has 0 spiro atoms. The summed E-state index contributed by atoms with van der Waals surface area (Å²) in [6, 6.07) is 7.20. The van der Waals surface area contributed by atoms with Crippen LogP contribution in [0.5, 0.6) is 0 Å². The van der Waals surface area contributed by atoms with Gasteiger partial charge in [0.2, 0.25) is 5.91 Å². The molecule has 0 aliphatic heterocycles. The van der Waals surface area contributed by atoms with Gasteiger partial charge in [-0.15, -0.1) is 0 Å². The van der Waals surface area contributed by atoms with Gasteiger partial charge < -0.3 is 10.4 Å². The SMILES string of the molecule is CC(C)(C(=O)NCCCCC(=O)O)c1ccc(Cl)cc1. The number of carboxylic acids is 1. The molecule has 0 bridgehead atoms. The second-order valence-electron chi connectivity index (χ2n) is 5.24. The Bertz CT molecular complexity index is 469. The van der Waals surface area contributed by atoms with E-state index in [9.17, 15) is 9.59 Å². The molecule has 0 heterocycles. The first-order valence-electron chi connectivity index (χ1n) is 6.60. The number of amides is 1. The third-order valence-corrected chi connectivity index (χ3v) is 3.49. The molecule has 0 aliphatic rings. The Morgan fingerprint density at radius 1 is 1.20 bits per heavy atom. The van der Waals surface area contributed by atoms with Gasteiger partial charge in [0.05, 0.1) is 5.41 Å². The summed E-state index contributed by atoms with van der Waals surface area (Å²) in [6.45, 7) is 4.19. The number of hydrogen-bond acceptors (Lipinski definition) is 2. The van der Waals surface area contributed by atoms with Gasteiger partial charge in [-0.2, -0.15) is 0 Å². The lowest BCUT2D eigenvalue weighted by Gasteiger charge is -2.24. The minimum atomic E-state index is -0.808. The summed E-state index contributed by atoms with van der Waals surface area (Å²) in [5.41, 5.74) is 0.252. The summed E-state index contributed by atoms with van der Waals surface area (Å²) < 4.78 is 0. The number of carbonyl (C=O) groups is 2. The maximum Gasteiger partial charge on any atom is 0.303 e. The van der Waals surface area contributed by atoms with Gasteiger partial charge in [-0.25, -0.2) is 0 Å². The lowest BCUT2D eigenvalue weighted by Crippen LogP contribution is -2.40. The quantitative estimate of drug-likeness (QED) is 0.760. The summed E-state index contributed by atoms with van der Waals surface area (Å²) in [5.74, 6) is -0.882. The summed E-state index contributed by atoms with van der Waals surface area (Å²) in [4.78, 5) is 22.6. The first-order chi connectivity index (χ1) is 9.34. The van der Waals surface area contributed by atoms with Crippen molar-refractivity contribution < 1.29 is 14.7 Å². The zero-order valence-electron chi connectivity index (χ0n) is 11.8. The molecule has 20 heavy (non-hydrogen) atoms. The smallest absolute Gasteiger partial charge is 0.303 e. The highest BCUT2D eigenvalue weighted by atomic mass is 35.5. The number of carboxylic acid groups (broad SMARTS) is 1. The van der Waals surface area contributed by atoms with Crippen molar-refractivity contribution in [2.75, 3.05) is 6.54 Å². The van der Waals surface area contributed by atoms with E-state index in [1.165, 1.54) is 0 Å². The molecule has 0 aromatic heterocycles. The summed E-state index contributed by atoms with van der Waals surface area (Å²) in [6.07, 6.45) is 1.36. The van der Waals surface area contributed by atoms with Crippen LogP contribution < -0.4 is 5.32 Å². The third kappa shape index (κ3) is 4.85. The number of nitrogens with one attached hydrogen (secondary N) is 1. The van der Waals surface area contributed by atoms with Gasteiger partial charge in [0, 0.05) is 18.0 Å². The van der Waals surface area contributed by atoms with Gasteiger partial charge in [-0.05, 0) is 44.4 Å². The number of hydrogen-bond donors (Lipinski definition) is 2. The van der Waals surface area contributed by atoms with Crippen molar-refractivity contribution in [3.05, 3.63) is 34.9 Å². The zero-order valence-corrected chi connectivity index (χ0v) is 12.5. The number of rotatable bonds is 7. The van der Waals surface area contributed by atoms with Crippen LogP contribution in [0.25, 0.3) is 0 Å². The van der Waals surface area contributed by atoms with Gasteiger partial charge in [0.25, 0.3) is 0 Å². The molecular formula is C15H20ClNO3. The van der Waals surface area contributed by atoms with Crippen LogP contribution in [-0.4, -0.2) is 23.5 Å². The Morgan fingerprint density at radius 2 is 1.80 bits per heavy atom. The Labute approximate surface area is 124 Å². The summed E-state index contributed by atoms with van der Waals surface area (Å²) >= 11 is 5.84. The van der Waals surface area contributed by atoms with E-state index in [1.807, 2.05) is 26.0 Å². The van der Waals surface area contributed by atoms with Crippen molar-refractivity contribution in [3.8, 4) is 0 Å². The first-order valence-corrected chi connectivity index (χ1v) is 6.98. The van der Waals surface area contributed by atoms with Gasteiger partial charge >= 0.3 is 5.97 Å². The van der Waals surface area contributed by atoms with Crippen LogP contribution in [0.3, 0.4) is 0 Å². The lowest BCUT2D eigenvalue weighted by molar-refractivity contribution is -0.137.